The van der Waals surface area contributed by atoms with Gasteiger partial charge in [-0.25, -0.2) is 4.79 Å². The molecule has 0 spiro atoms. The van der Waals surface area contributed by atoms with E-state index in [-0.39, 0.29) is 11.5 Å². The van der Waals surface area contributed by atoms with E-state index in [0.717, 1.165) is 6.07 Å². The van der Waals surface area contributed by atoms with Crippen molar-refractivity contribution < 1.29 is 34.2 Å². The second kappa shape index (κ2) is 8.67. The molecule has 2 rings (SSSR count). The Hall–Kier alpha value is -3.88. The normalized spacial score (nSPS) is 11.8. The lowest BCUT2D eigenvalue weighted by Crippen LogP contribution is -2.22. The van der Waals surface area contributed by atoms with E-state index in [1.165, 1.54) is 56.5 Å². The quantitative estimate of drug-likeness (QED) is 0.305. The second-order valence-corrected chi connectivity index (χ2v) is 5.67. The van der Waals surface area contributed by atoms with E-state index in [4.69, 9.17) is 14.6 Å². The highest BCUT2D eigenvalue weighted by Crippen LogP contribution is 2.37. The van der Waals surface area contributed by atoms with E-state index >= 15 is 0 Å². The molecule has 2 aromatic rings. The van der Waals surface area contributed by atoms with Crippen LogP contribution in [0.15, 0.2) is 42.5 Å². The van der Waals surface area contributed by atoms with Crippen LogP contribution in [0, 0.1) is 10.1 Å². The molecular formula is C19H17NO8. The van der Waals surface area contributed by atoms with Gasteiger partial charge in [0.2, 0.25) is 5.75 Å². The van der Waals surface area contributed by atoms with Crippen LogP contribution >= 0.6 is 0 Å². The maximum atomic E-state index is 12.3. The minimum Gasteiger partial charge on any atom is -0.500 e. The van der Waals surface area contributed by atoms with Crippen LogP contribution in [-0.2, 0) is 4.79 Å². The van der Waals surface area contributed by atoms with E-state index in [1.54, 1.807) is 0 Å². The minimum absolute atomic E-state index is 0.0876. The molecule has 2 aromatic carbocycles. The van der Waals surface area contributed by atoms with Gasteiger partial charge in [-0.3, -0.25) is 14.9 Å². The molecule has 0 saturated heterocycles. The van der Waals surface area contributed by atoms with E-state index in [2.05, 4.69) is 0 Å². The van der Waals surface area contributed by atoms with Crippen molar-refractivity contribution >= 4 is 23.5 Å². The molecule has 1 atom stereocenters. The summed E-state index contributed by atoms with van der Waals surface area (Å²) < 4.78 is 10.1. The number of nitro groups is 1. The lowest BCUT2D eigenvalue weighted by Gasteiger charge is -2.10. The zero-order valence-electron chi connectivity index (χ0n) is 15.0. The molecule has 9 heteroatoms. The van der Waals surface area contributed by atoms with Crippen LogP contribution in [0.4, 0.5) is 5.69 Å². The molecule has 28 heavy (non-hydrogen) atoms. The van der Waals surface area contributed by atoms with Gasteiger partial charge in [0.1, 0.15) is 5.75 Å². The van der Waals surface area contributed by atoms with Crippen LogP contribution in [-0.4, -0.2) is 40.1 Å². The predicted octanol–water partition coefficient (Wildman–Crippen LogP) is 3.06. The van der Waals surface area contributed by atoms with Crippen molar-refractivity contribution in [3.63, 3.8) is 0 Å². The first-order valence-corrected chi connectivity index (χ1v) is 8.00. The number of carbonyl (C=O) groups is 2. The summed E-state index contributed by atoms with van der Waals surface area (Å²) in [6.07, 6.45) is 1.54. The zero-order chi connectivity index (χ0) is 20.8. The predicted molar refractivity (Wildman–Crippen MR) is 98.8 cm³/mol. The summed E-state index contributed by atoms with van der Waals surface area (Å²) in [7, 11) is 1.26. The molecule has 0 aliphatic carbocycles. The van der Waals surface area contributed by atoms with E-state index in [0.29, 0.717) is 16.9 Å². The maximum absolute atomic E-state index is 12.3. The molecule has 0 bridgehead atoms. The maximum Gasteiger partial charge on any atom is 0.344 e. The Morgan fingerprint density at radius 2 is 1.86 bits per heavy atom. The standard InChI is InChI=1S/C19H17NO8/c1-11(19(23)24)28-14-6-4-13(5-7-14)16(21)8-3-12-9-15(20(25)26)18(22)17(10-12)27-2/h3-11,22H,1-2H3,(H,23,24)/b8-3+. The van der Waals surface area contributed by atoms with Crippen molar-refractivity contribution in [3.05, 3.63) is 63.7 Å². The first kappa shape index (κ1) is 20.4. The van der Waals surface area contributed by atoms with Crippen molar-refractivity contribution in [3.8, 4) is 17.2 Å². The number of aromatic hydroxyl groups is 1. The second-order valence-electron chi connectivity index (χ2n) is 5.67. The van der Waals surface area contributed by atoms with Crippen LogP contribution in [0.5, 0.6) is 17.2 Å². The summed E-state index contributed by atoms with van der Waals surface area (Å²) in [6.45, 7) is 1.38. The number of allylic oxidation sites excluding steroid dienone is 1. The Morgan fingerprint density at radius 1 is 1.21 bits per heavy atom. The van der Waals surface area contributed by atoms with E-state index < -0.39 is 28.4 Å². The van der Waals surface area contributed by atoms with Gasteiger partial charge >= 0.3 is 11.7 Å². The number of nitro benzene ring substituents is 1. The number of methoxy groups -OCH3 is 1. The van der Waals surface area contributed by atoms with Crippen molar-refractivity contribution in [1.29, 1.82) is 0 Å². The molecule has 146 valence electrons. The molecule has 0 heterocycles. The highest BCUT2D eigenvalue weighted by atomic mass is 16.6. The molecule has 1 unspecified atom stereocenters. The summed E-state index contributed by atoms with van der Waals surface area (Å²) in [6, 6.07) is 8.35. The number of carbonyl (C=O) groups excluding carboxylic acids is 1. The van der Waals surface area contributed by atoms with Crippen molar-refractivity contribution in [1.82, 2.24) is 0 Å². The average molecular weight is 387 g/mol. The number of ether oxygens (including phenoxy) is 2. The molecule has 0 aliphatic heterocycles. The number of phenols is 1. The fourth-order valence-electron chi connectivity index (χ4n) is 2.23. The van der Waals surface area contributed by atoms with E-state index in [9.17, 15) is 24.8 Å². The highest BCUT2D eigenvalue weighted by molar-refractivity contribution is 6.06. The third-order valence-electron chi connectivity index (χ3n) is 3.72. The third-order valence-corrected chi connectivity index (χ3v) is 3.72. The Bertz CT molecular complexity index is 934. The Morgan fingerprint density at radius 3 is 2.39 bits per heavy atom. The number of hydrogen-bond acceptors (Lipinski definition) is 7. The molecule has 0 amide bonds. The largest absolute Gasteiger partial charge is 0.500 e. The smallest absolute Gasteiger partial charge is 0.344 e. The molecule has 0 saturated carbocycles. The molecule has 0 aliphatic rings. The van der Waals surface area contributed by atoms with Gasteiger partial charge in [-0.05, 0) is 48.9 Å². The number of phenolic OH excluding ortho intramolecular Hbond substituents is 1. The van der Waals surface area contributed by atoms with Gasteiger partial charge in [0.25, 0.3) is 0 Å². The lowest BCUT2D eigenvalue weighted by atomic mass is 10.1. The van der Waals surface area contributed by atoms with E-state index in [1.807, 2.05) is 0 Å². The summed E-state index contributed by atoms with van der Waals surface area (Å²) in [5, 5.41) is 29.6. The SMILES string of the molecule is COc1cc(/C=C/C(=O)c2ccc(OC(C)C(=O)O)cc2)cc([N+](=O)[O-])c1O. The molecule has 9 nitrogen and oxygen atoms in total. The zero-order valence-corrected chi connectivity index (χ0v) is 15.0. The summed E-state index contributed by atoms with van der Waals surface area (Å²) in [5.41, 5.74) is 0.0669. The average Bonchev–Trinajstić information content (AvgIpc) is 2.67. The number of rotatable bonds is 8. The van der Waals surface area contributed by atoms with Gasteiger partial charge in [-0.2, -0.15) is 0 Å². The molecular weight excluding hydrogens is 370 g/mol. The van der Waals surface area contributed by atoms with Gasteiger partial charge in [-0.1, -0.05) is 6.08 Å². The number of carboxylic acid groups (broad SMARTS) is 1. The van der Waals surface area contributed by atoms with Crippen LogP contribution in [0.1, 0.15) is 22.8 Å². The van der Waals surface area contributed by atoms with Crippen LogP contribution in [0.3, 0.4) is 0 Å². The van der Waals surface area contributed by atoms with Crippen molar-refractivity contribution in [2.75, 3.05) is 7.11 Å². The first-order valence-electron chi connectivity index (χ1n) is 8.00. The third kappa shape index (κ3) is 4.85. The Balaban J connectivity index is 2.18. The lowest BCUT2D eigenvalue weighted by molar-refractivity contribution is -0.386. The minimum atomic E-state index is -1.11. The number of benzene rings is 2. The highest BCUT2D eigenvalue weighted by Gasteiger charge is 2.19. The fourth-order valence-corrected chi connectivity index (χ4v) is 2.23. The Kier molecular flexibility index (Phi) is 6.33. The van der Waals surface area contributed by atoms with Gasteiger partial charge in [0, 0.05) is 11.6 Å². The number of hydrogen-bond donors (Lipinski definition) is 2. The number of ketones is 1. The fraction of sp³-hybridized carbons (Fsp3) is 0.158. The number of nitrogens with zero attached hydrogens (tertiary/aromatic N) is 1. The monoisotopic (exact) mass is 387 g/mol. The number of carboxylic acids is 1. The van der Waals surface area contributed by atoms with Crippen LogP contribution in [0.25, 0.3) is 6.08 Å². The topological polar surface area (TPSA) is 136 Å². The van der Waals surface area contributed by atoms with Gasteiger partial charge in [-0.15, -0.1) is 0 Å². The van der Waals surface area contributed by atoms with Gasteiger partial charge < -0.3 is 19.7 Å². The molecule has 2 N–H and O–H groups in total. The Labute approximate surface area is 159 Å². The summed E-state index contributed by atoms with van der Waals surface area (Å²) in [5.74, 6) is -1.87. The molecule has 0 aromatic heterocycles. The van der Waals surface area contributed by atoms with Crippen molar-refractivity contribution in [2.45, 2.75) is 13.0 Å². The first-order chi connectivity index (χ1) is 13.2. The van der Waals surface area contributed by atoms with Crippen molar-refractivity contribution in [2.24, 2.45) is 0 Å². The van der Waals surface area contributed by atoms with Crippen LogP contribution in [0.2, 0.25) is 0 Å². The van der Waals surface area contributed by atoms with Crippen LogP contribution < -0.4 is 9.47 Å². The molecule has 0 radical (unpaired) electrons. The summed E-state index contributed by atoms with van der Waals surface area (Å²) in [4.78, 5) is 33.3. The molecule has 0 fully saturated rings. The number of aliphatic carboxylic acids is 1. The summed E-state index contributed by atoms with van der Waals surface area (Å²) >= 11 is 0. The van der Waals surface area contributed by atoms with Gasteiger partial charge in [0.15, 0.2) is 17.6 Å². The van der Waals surface area contributed by atoms with Gasteiger partial charge in [0.05, 0.1) is 12.0 Å².